The van der Waals surface area contributed by atoms with E-state index in [1.165, 1.54) is 0 Å². The fourth-order valence-corrected chi connectivity index (χ4v) is 3.49. The van der Waals surface area contributed by atoms with Crippen LogP contribution in [0.4, 0.5) is 5.88 Å². The van der Waals surface area contributed by atoms with Gasteiger partial charge in [0.25, 0.3) is 0 Å². The molecule has 27 heavy (non-hydrogen) atoms. The molecule has 0 aliphatic rings. The number of nitriles is 1. The lowest BCUT2D eigenvalue weighted by Gasteiger charge is -1.98. The number of thiophene rings is 1. The van der Waals surface area contributed by atoms with Gasteiger partial charge >= 0.3 is 0 Å². The molecule has 0 aliphatic heterocycles. The van der Waals surface area contributed by atoms with Gasteiger partial charge in [-0.05, 0) is 37.4 Å². The molecule has 0 bridgehead atoms. The van der Waals surface area contributed by atoms with Crippen molar-refractivity contribution in [1.82, 2.24) is 9.78 Å². The molecule has 0 aliphatic carbocycles. The van der Waals surface area contributed by atoms with E-state index in [4.69, 9.17) is 9.52 Å². The van der Waals surface area contributed by atoms with Crippen LogP contribution in [0.3, 0.4) is 0 Å². The standard InChI is InChI=1S/C21H16N4OS/c1-14-15(2)26-21(18(14)11-22)23-12-16-13-25(17-7-4-3-5-8-17)24-20(16)19-9-6-10-27-19/h3-10,12-13H,1-2H3. The van der Waals surface area contributed by atoms with E-state index in [0.717, 1.165) is 27.4 Å². The largest absolute Gasteiger partial charge is 0.442 e. The Kier molecular flexibility index (Phi) is 4.45. The Morgan fingerprint density at radius 2 is 2.00 bits per heavy atom. The molecule has 4 aromatic rings. The second-order valence-corrected chi connectivity index (χ2v) is 6.97. The van der Waals surface area contributed by atoms with Crippen LogP contribution in [0.5, 0.6) is 0 Å². The highest BCUT2D eigenvalue weighted by molar-refractivity contribution is 7.13. The van der Waals surface area contributed by atoms with Crippen LogP contribution in [0, 0.1) is 25.2 Å². The molecule has 0 spiro atoms. The van der Waals surface area contributed by atoms with Crippen molar-refractivity contribution in [3.8, 4) is 22.3 Å². The van der Waals surface area contributed by atoms with Crippen molar-refractivity contribution in [3.63, 3.8) is 0 Å². The molecule has 0 unspecified atom stereocenters. The Labute approximate surface area is 160 Å². The normalized spacial score (nSPS) is 11.1. The monoisotopic (exact) mass is 372 g/mol. The molecule has 3 heterocycles. The maximum Gasteiger partial charge on any atom is 0.237 e. The zero-order valence-electron chi connectivity index (χ0n) is 14.9. The first-order chi connectivity index (χ1) is 13.2. The number of nitrogens with zero attached hydrogens (tertiary/aromatic N) is 4. The summed E-state index contributed by atoms with van der Waals surface area (Å²) in [4.78, 5) is 5.50. The van der Waals surface area contributed by atoms with E-state index < -0.39 is 0 Å². The Balaban J connectivity index is 1.79. The van der Waals surface area contributed by atoms with Gasteiger partial charge < -0.3 is 4.42 Å². The number of aliphatic imine (C=N–C) groups is 1. The fourth-order valence-electron chi connectivity index (χ4n) is 2.76. The van der Waals surface area contributed by atoms with E-state index in [0.29, 0.717) is 17.2 Å². The third-order valence-electron chi connectivity index (χ3n) is 4.32. The molecule has 0 amide bonds. The summed E-state index contributed by atoms with van der Waals surface area (Å²) >= 11 is 1.62. The minimum Gasteiger partial charge on any atom is -0.442 e. The predicted octanol–water partition coefficient (Wildman–Crippen LogP) is 5.43. The summed E-state index contributed by atoms with van der Waals surface area (Å²) in [5, 5.41) is 16.1. The van der Waals surface area contributed by atoms with Gasteiger partial charge in [0.05, 0.1) is 10.6 Å². The van der Waals surface area contributed by atoms with Crippen molar-refractivity contribution >= 4 is 23.4 Å². The zero-order valence-corrected chi connectivity index (χ0v) is 15.7. The summed E-state index contributed by atoms with van der Waals surface area (Å²) in [6, 6.07) is 16.1. The Morgan fingerprint density at radius 3 is 2.70 bits per heavy atom. The highest BCUT2D eigenvalue weighted by Crippen LogP contribution is 2.30. The summed E-state index contributed by atoms with van der Waals surface area (Å²) in [6.07, 6.45) is 3.64. The molecule has 0 saturated carbocycles. The number of para-hydroxylation sites is 1. The molecule has 0 atom stereocenters. The van der Waals surface area contributed by atoms with Crippen molar-refractivity contribution in [2.75, 3.05) is 0 Å². The van der Waals surface area contributed by atoms with Gasteiger partial charge in [0.2, 0.25) is 5.88 Å². The van der Waals surface area contributed by atoms with Crippen LogP contribution in [-0.4, -0.2) is 16.0 Å². The molecule has 3 aromatic heterocycles. The highest BCUT2D eigenvalue weighted by atomic mass is 32.1. The Morgan fingerprint density at radius 1 is 1.19 bits per heavy atom. The summed E-state index contributed by atoms with van der Waals surface area (Å²) in [5.74, 6) is 1.04. The van der Waals surface area contributed by atoms with Crippen LogP contribution in [0.15, 0.2) is 63.5 Å². The second-order valence-electron chi connectivity index (χ2n) is 6.02. The van der Waals surface area contributed by atoms with Crippen LogP contribution < -0.4 is 0 Å². The van der Waals surface area contributed by atoms with Crippen molar-refractivity contribution in [2.45, 2.75) is 13.8 Å². The van der Waals surface area contributed by atoms with E-state index in [-0.39, 0.29) is 0 Å². The maximum atomic E-state index is 9.37. The van der Waals surface area contributed by atoms with E-state index in [1.54, 1.807) is 17.6 Å². The third kappa shape index (κ3) is 3.21. The van der Waals surface area contributed by atoms with Crippen LogP contribution in [-0.2, 0) is 0 Å². The van der Waals surface area contributed by atoms with E-state index in [1.807, 2.05) is 72.6 Å². The number of furan rings is 1. The number of hydrogen-bond donors (Lipinski definition) is 0. The van der Waals surface area contributed by atoms with E-state index >= 15 is 0 Å². The van der Waals surface area contributed by atoms with Crippen molar-refractivity contribution < 1.29 is 4.42 Å². The summed E-state index contributed by atoms with van der Waals surface area (Å²) in [7, 11) is 0. The van der Waals surface area contributed by atoms with Gasteiger partial charge in [-0.3, -0.25) is 0 Å². The molecule has 4 rings (SSSR count). The van der Waals surface area contributed by atoms with Gasteiger partial charge in [-0.25, -0.2) is 9.67 Å². The molecule has 0 fully saturated rings. The average molecular weight is 372 g/mol. The van der Waals surface area contributed by atoms with E-state index in [9.17, 15) is 5.26 Å². The summed E-state index contributed by atoms with van der Waals surface area (Å²) < 4.78 is 7.47. The first-order valence-corrected chi connectivity index (χ1v) is 9.28. The lowest BCUT2D eigenvalue weighted by atomic mass is 10.2. The molecular weight excluding hydrogens is 356 g/mol. The zero-order chi connectivity index (χ0) is 18.8. The lowest BCUT2D eigenvalue weighted by molar-refractivity contribution is 0.542. The third-order valence-corrected chi connectivity index (χ3v) is 5.19. The molecule has 5 nitrogen and oxygen atoms in total. The van der Waals surface area contributed by atoms with Gasteiger partial charge in [-0.15, -0.1) is 11.3 Å². The first-order valence-electron chi connectivity index (χ1n) is 8.40. The Hall–Kier alpha value is -3.43. The molecule has 0 saturated heterocycles. The summed E-state index contributed by atoms with van der Waals surface area (Å²) in [5.41, 5.74) is 3.96. The molecule has 6 heteroatoms. The average Bonchev–Trinajstić information content (AvgIpc) is 3.41. The first kappa shape index (κ1) is 17.0. The number of hydrogen-bond acceptors (Lipinski definition) is 5. The quantitative estimate of drug-likeness (QED) is 0.448. The second kappa shape index (κ2) is 7.06. The number of aryl methyl sites for hydroxylation is 1. The number of aromatic nitrogens is 2. The van der Waals surface area contributed by atoms with Gasteiger partial charge in [0, 0.05) is 23.5 Å². The molecule has 0 N–H and O–H groups in total. The van der Waals surface area contributed by atoms with Crippen LogP contribution >= 0.6 is 11.3 Å². The van der Waals surface area contributed by atoms with Crippen molar-refractivity contribution in [2.24, 2.45) is 4.99 Å². The van der Waals surface area contributed by atoms with Crippen LogP contribution in [0.2, 0.25) is 0 Å². The molecule has 0 radical (unpaired) electrons. The fraction of sp³-hybridized carbons (Fsp3) is 0.0952. The molecule has 1 aromatic carbocycles. The van der Waals surface area contributed by atoms with Gasteiger partial charge in [-0.1, -0.05) is 24.3 Å². The number of rotatable bonds is 4. The maximum absolute atomic E-state index is 9.37. The summed E-state index contributed by atoms with van der Waals surface area (Å²) in [6.45, 7) is 3.70. The predicted molar refractivity (Wildman–Crippen MR) is 107 cm³/mol. The molecular formula is C21H16N4OS. The highest BCUT2D eigenvalue weighted by Gasteiger charge is 2.15. The van der Waals surface area contributed by atoms with E-state index in [2.05, 4.69) is 11.1 Å². The van der Waals surface area contributed by atoms with Crippen LogP contribution in [0.25, 0.3) is 16.3 Å². The van der Waals surface area contributed by atoms with Gasteiger partial charge in [0.1, 0.15) is 23.1 Å². The minimum atomic E-state index is 0.331. The SMILES string of the molecule is Cc1oc(N=Cc2cn(-c3ccccc3)nc2-c2cccs2)c(C#N)c1C. The topological polar surface area (TPSA) is 67.1 Å². The Bertz CT molecular complexity index is 1150. The van der Waals surface area contributed by atoms with Crippen LogP contribution in [0.1, 0.15) is 22.5 Å². The van der Waals surface area contributed by atoms with Crippen molar-refractivity contribution in [3.05, 3.63) is 76.5 Å². The van der Waals surface area contributed by atoms with Gasteiger partial charge in [0.15, 0.2) is 0 Å². The number of benzene rings is 1. The van der Waals surface area contributed by atoms with Crippen molar-refractivity contribution in [1.29, 1.82) is 5.26 Å². The minimum absolute atomic E-state index is 0.331. The smallest absolute Gasteiger partial charge is 0.237 e. The lowest BCUT2D eigenvalue weighted by Crippen LogP contribution is -1.93. The molecule has 132 valence electrons. The van der Waals surface area contributed by atoms with Gasteiger partial charge in [-0.2, -0.15) is 10.4 Å².